The van der Waals surface area contributed by atoms with Crippen molar-refractivity contribution in [3.8, 4) is 0 Å². The quantitative estimate of drug-likeness (QED) is 0.865. The molecular weight excluding hydrogens is 262 g/mol. The third kappa shape index (κ3) is 3.52. The number of aromatic nitrogens is 2. The molecule has 3 heterocycles. The first kappa shape index (κ1) is 14.3. The topological polar surface area (TPSA) is 30.3 Å². The van der Waals surface area contributed by atoms with Gasteiger partial charge < -0.3 is 9.30 Å². The van der Waals surface area contributed by atoms with Crippen molar-refractivity contribution in [3.63, 3.8) is 0 Å². The number of fused-ring (bicyclic) bond motifs is 1. The van der Waals surface area contributed by atoms with E-state index in [4.69, 9.17) is 4.74 Å². The molecule has 1 atom stereocenters. The second kappa shape index (κ2) is 6.41. The van der Waals surface area contributed by atoms with Crippen LogP contribution in [0, 0.1) is 0 Å². The van der Waals surface area contributed by atoms with E-state index in [2.05, 4.69) is 52.7 Å². The van der Waals surface area contributed by atoms with Crippen LogP contribution in [0.25, 0.3) is 0 Å². The number of pyridine rings is 1. The van der Waals surface area contributed by atoms with Gasteiger partial charge in [-0.3, -0.25) is 9.88 Å². The van der Waals surface area contributed by atoms with Crippen molar-refractivity contribution >= 4 is 0 Å². The van der Waals surface area contributed by atoms with Gasteiger partial charge in [0.25, 0.3) is 0 Å². The van der Waals surface area contributed by atoms with Gasteiger partial charge in [-0.25, -0.2) is 0 Å². The Kier molecular flexibility index (Phi) is 4.36. The highest BCUT2D eigenvalue weighted by molar-refractivity contribution is 5.09. The number of ether oxygens (including phenoxy) is 1. The molecule has 0 unspecified atom stereocenters. The van der Waals surface area contributed by atoms with E-state index >= 15 is 0 Å². The van der Waals surface area contributed by atoms with Crippen LogP contribution in [0.5, 0.6) is 0 Å². The summed E-state index contributed by atoms with van der Waals surface area (Å²) in [7, 11) is 0. The van der Waals surface area contributed by atoms with E-state index in [1.165, 1.54) is 5.69 Å². The molecule has 2 aromatic rings. The second-order valence-corrected chi connectivity index (χ2v) is 5.97. The summed E-state index contributed by atoms with van der Waals surface area (Å²) in [6.45, 7) is 8.01. The molecule has 0 bridgehead atoms. The molecule has 3 rings (SSSR count). The first-order chi connectivity index (χ1) is 10.2. The molecule has 0 aliphatic carbocycles. The maximum Gasteiger partial charge on any atom is 0.0885 e. The third-order valence-electron chi connectivity index (χ3n) is 4.07. The van der Waals surface area contributed by atoms with Gasteiger partial charge in [0.2, 0.25) is 0 Å². The zero-order chi connectivity index (χ0) is 14.7. The molecule has 0 radical (unpaired) electrons. The largest absolute Gasteiger partial charge is 0.370 e. The van der Waals surface area contributed by atoms with E-state index in [1.54, 1.807) is 6.20 Å². The average molecular weight is 285 g/mol. The normalized spacial score (nSPS) is 19.5. The lowest BCUT2D eigenvalue weighted by atomic mass is 10.2. The molecule has 4 nitrogen and oxygen atoms in total. The lowest BCUT2D eigenvalue weighted by Crippen LogP contribution is -2.37. The Balaban J connectivity index is 1.69. The lowest BCUT2D eigenvalue weighted by Gasteiger charge is -2.27. The minimum atomic E-state index is 0.209. The smallest absolute Gasteiger partial charge is 0.0885 e. The van der Waals surface area contributed by atoms with Gasteiger partial charge in [-0.15, -0.1) is 0 Å². The predicted octanol–water partition coefficient (Wildman–Crippen LogP) is 2.69. The molecule has 1 aliphatic rings. The van der Waals surface area contributed by atoms with Gasteiger partial charge in [0.1, 0.15) is 0 Å². The fraction of sp³-hybridized carbons (Fsp3) is 0.471. The van der Waals surface area contributed by atoms with E-state index in [0.717, 1.165) is 25.2 Å². The van der Waals surface area contributed by atoms with Gasteiger partial charge >= 0.3 is 0 Å². The number of nitrogens with zero attached hydrogens (tertiary/aromatic N) is 3. The monoisotopic (exact) mass is 285 g/mol. The van der Waals surface area contributed by atoms with Crippen LogP contribution in [0.3, 0.4) is 0 Å². The van der Waals surface area contributed by atoms with Gasteiger partial charge in [0.15, 0.2) is 0 Å². The molecule has 0 saturated carbocycles. The first-order valence-electron chi connectivity index (χ1n) is 7.61. The molecule has 0 amide bonds. The number of hydrogen-bond donors (Lipinski definition) is 0. The molecule has 112 valence electrons. The van der Waals surface area contributed by atoms with Gasteiger partial charge in [-0.05, 0) is 37.6 Å². The van der Waals surface area contributed by atoms with Crippen molar-refractivity contribution in [2.45, 2.75) is 45.7 Å². The molecule has 0 spiro atoms. The molecule has 0 aromatic carbocycles. The van der Waals surface area contributed by atoms with Crippen molar-refractivity contribution in [3.05, 3.63) is 54.1 Å². The van der Waals surface area contributed by atoms with Crippen LogP contribution in [-0.4, -0.2) is 33.1 Å². The van der Waals surface area contributed by atoms with Crippen LogP contribution >= 0.6 is 0 Å². The highest BCUT2D eigenvalue weighted by atomic mass is 16.5. The standard InChI is InChI=1S/C17H23N3O/c1-14(2)20-10-16-6-4-8-19(16)11-17(12-20)21-13-15-5-3-7-18-9-15/h3-9,14,17H,10-13H2,1-2H3/t17-/m0/s1. The summed E-state index contributed by atoms with van der Waals surface area (Å²) in [6, 6.07) is 8.87. The molecule has 4 heteroatoms. The van der Waals surface area contributed by atoms with Gasteiger partial charge in [0, 0.05) is 50.0 Å². The molecular formula is C17H23N3O. The lowest BCUT2D eigenvalue weighted by molar-refractivity contribution is 0.00432. The molecule has 0 N–H and O–H groups in total. The van der Waals surface area contributed by atoms with Gasteiger partial charge in [-0.1, -0.05) is 6.07 Å². The highest BCUT2D eigenvalue weighted by Gasteiger charge is 2.23. The van der Waals surface area contributed by atoms with E-state index in [9.17, 15) is 0 Å². The van der Waals surface area contributed by atoms with Crippen LogP contribution in [-0.2, 0) is 24.4 Å². The van der Waals surface area contributed by atoms with Crippen molar-refractivity contribution in [2.75, 3.05) is 6.54 Å². The van der Waals surface area contributed by atoms with Crippen LogP contribution in [0.15, 0.2) is 42.9 Å². The zero-order valence-corrected chi connectivity index (χ0v) is 12.8. The summed E-state index contributed by atoms with van der Waals surface area (Å²) >= 11 is 0. The Morgan fingerprint density at radius 2 is 2.19 bits per heavy atom. The predicted molar refractivity (Wildman–Crippen MR) is 82.8 cm³/mol. The number of rotatable bonds is 4. The van der Waals surface area contributed by atoms with E-state index in [-0.39, 0.29) is 6.10 Å². The Morgan fingerprint density at radius 3 is 2.95 bits per heavy atom. The summed E-state index contributed by atoms with van der Waals surface area (Å²) in [5, 5.41) is 0. The SMILES string of the molecule is CC(C)N1Cc2cccn2C[C@H](OCc2cccnc2)C1. The summed E-state index contributed by atoms with van der Waals surface area (Å²) < 4.78 is 8.47. The number of hydrogen-bond acceptors (Lipinski definition) is 3. The fourth-order valence-electron chi connectivity index (χ4n) is 2.78. The summed E-state index contributed by atoms with van der Waals surface area (Å²) in [5.74, 6) is 0. The Bertz CT molecular complexity index is 564. The van der Waals surface area contributed by atoms with Crippen molar-refractivity contribution in [1.82, 2.24) is 14.5 Å². The van der Waals surface area contributed by atoms with E-state index in [1.807, 2.05) is 12.3 Å². The Hall–Kier alpha value is -1.65. The molecule has 2 aromatic heterocycles. The van der Waals surface area contributed by atoms with Gasteiger partial charge in [-0.2, -0.15) is 0 Å². The molecule has 21 heavy (non-hydrogen) atoms. The first-order valence-corrected chi connectivity index (χ1v) is 7.61. The summed E-state index contributed by atoms with van der Waals surface area (Å²) in [5.41, 5.74) is 2.50. The van der Waals surface area contributed by atoms with Crippen LogP contribution < -0.4 is 0 Å². The highest BCUT2D eigenvalue weighted by Crippen LogP contribution is 2.18. The van der Waals surface area contributed by atoms with E-state index < -0.39 is 0 Å². The molecule has 0 saturated heterocycles. The zero-order valence-electron chi connectivity index (χ0n) is 12.8. The Labute approximate surface area is 126 Å². The molecule has 0 fully saturated rings. The van der Waals surface area contributed by atoms with Crippen molar-refractivity contribution in [2.24, 2.45) is 0 Å². The third-order valence-corrected chi connectivity index (χ3v) is 4.07. The van der Waals surface area contributed by atoms with Crippen LogP contribution in [0.4, 0.5) is 0 Å². The van der Waals surface area contributed by atoms with Gasteiger partial charge in [0.05, 0.1) is 12.7 Å². The van der Waals surface area contributed by atoms with Crippen LogP contribution in [0.2, 0.25) is 0 Å². The van der Waals surface area contributed by atoms with Crippen molar-refractivity contribution in [1.29, 1.82) is 0 Å². The average Bonchev–Trinajstić information content (AvgIpc) is 2.84. The summed E-state index contributed by atoms with van der Waals surface area (Å²) in [4.78, 5) is 6.62. The minimum absolute atomic E-state index is 0.209. The van der Waals surface area contributed by atoms with Crippen LogP contribution in [0.1, 0.15) is 25.1 Å². The maximum absolute atomic E-state index is 6.15. The summed E-state index contributed by atoms with van der Waals surface area (Å²) in [6.07, 6.45) is 6.03. The molecule has 1 aliphatic heterocycles. The maximum atomic E-state index is 6.15. The Morgan fingerprint density at radius 1 is 1.29 bits per heavy atom. The van der Waals surface area contributed by atoms with E-state index in [0.29, 0.717) is 12.6 Å². The van der Waals surface area contributed by atoms with Crippen molar-refractivity contribution < 1.29 is 4.74 Å². The second-order valence-electron chi connectivity index (χ2n) is 5.97. The fourth-order valence-corrected chi connectivity index (χ4v) is 2.78. The minimum Gasteiger partial charge on any atom is -0.370 e.